The van der Waals surface area contributed by atoms with E-state index in [9.17, 15) is 4.79 Å². The van der Waals surface area contributed by atoms with Crippen molar-refractivity contribution in [2.24, 2.45) is 11.7 Å². The van der Waals surface area contributed by atoms with Crippen molar-refractivity contribution >= 4 is 11.6 Å². The zero-order valence-corrected chi connectivity index (χ0v) is 11.4. The van der Waals surface area contributed by atoms with Crippen LogP contribution in [0.5, 0.6) is 0 Å². The van der Waals surface area contributed by atoms with Crippen LogP contribution in [0.1, 0.15) is 12.5 Å². The minimum atomic E-state index is 0.00678. The number of amides is 1. The first-order valence-electron chi connectivity index (χ1n) is 6.26. The molecule has 1 aromatic carbocycles. The Kier molecular flexibility index (Phi) is 5.82. The fraction of sp³-hybridized carbons (Fsp3) is 0.500. The second kappa shape index (κ2) is 7.13. The van der Waals surface area contributed by atoms with Gasteiger partial charge in [0.15, 0.2) is 0 Å². The molecule has 1 aromatic rings. The standard InChI is InChI=1S/C14H23N3O/c1-11-5-4-6-13(7-11)16-14(18)10-17(3)9-12(2)8-15/h4-7,12H,8-10,15H2,1-3H3,(H,16,18). The Balaban J connectivity index is 2.42. The summed E-state index contributed by atoms with van der Waals surface area (Å²) in [5.41, 5.74) is 7.55. The molecule has 0 radical (unpaired) electrons. The number of hydrogen-bond donors (Lipinski definition) is 2. The van der Waals surface area contributed by atoms with Crippen LogP contribution in [0.15, 0.2) is 24.3 Å². The van der Waals surface area contributed by atoms with Crippen LogP contribution in [0.25, 0.3) is 0 Å². The van der Waals surface area contributed by atoms with Gasteiger partial charge in [-0.2, -0.15) is 0 Å². The highest BCUT2D eigenvalue weighted by atomic mass is 16.2. The molecule has 0 saturated carbocycles. The van der Waals surface area contributed by atoms with E-state index in [-0.39, 0.29) is 5.91 Å². The lowest BCUT2D eigenvalue weighted by atomic mass is 10.2. The Morgan fingerprint density at radius 2 is 2.22 bits per heavy atom. The van der Waals surface area contributed by atoms with Crippen molar-refractivity contribution in [3.63, 3.8) is 0 Å². The monoisotopic (exact) mass is 249 g/mol. The molecule has 0 heterocycles. The maximum Gasteiger partial charge on any atom is 0.238 e. The minimum Gasteiger partial charge on any atom is -0.330 e. The summed E-state index contributed by atoms with van der Waals surface area (Å²) in [4.78, 5) is 13.8. The average Bonchev–Trinajstić information content (AvgIpc) is 2.28. The van der Waals surface area contributed by atoms with Gasteiger partial charge in [0.2, 0.25) is 5.91 Å². The summed E-state index contributed by atoms with van der Waals surface area (Å²) in [5.74, 6) is 0.411. The number of likely N-dealkylation sites (N-methyl/N-ethyl adjacent to an activating group) is 1. The number of carbonyl (C=O) groups is 1. The van der Waals surface area contributed by atoms with Gasteiger partial charge < -0.3 is 11.1 Å². The van der Waals surface area contributed by atoms with Gasteiger partial charge in [-0.25, -0.2) is 0 Å². The normalized spacial score (nSPS) is 12.5. The molecule has 4 heteroatoms. The molecule has 0 aromatic heterocycles. The minimum absolute atomic E-state index is 0.00678. The van der Waals surface area contributed by atoms with E-state index in [2.05, 4.69) is 12.2 Å². The van der Waals surface area contributed by atoms with E-state index in [1.54, 1.807) is 0 Å². The van der Waals surface area contributed by atoms with E-state index in [0.717, 1.165) is 17.8 Å². The first-order valence-corrected chi connectivity index (χ1v) is 6.26. The molecular formula is C14H23N3O. The third-order valence-corrected chi connectivity index (χ3v) is 2.74. The maximum absolute atomic E-state index is 11.8. The van der Waals surface area contributed by atoms with Gasteiger partial charge in [-0.15, -0.1) is 0 Å². The van der Waals surface area contributed by atoms with E-state index >= 15 is 0 Å². The molecule has 100 valence electrons. The van der Waals surface area contributed by atoms with Crippen LogP contribution in [0.4, 0.5) is 5.69 Å². The fourth-order valence-electron chi connectivity index (χ4n) is 1.84. The molecule has 3 N–H and O–H groups in total. The first kappa shape index (κ1) is 14.7. The number of hydrogen-bond acceptors (Lipinski definition) is 3. The number of nitrogens with one attached hydrogen (secondary N) is 1. The van der Waals surface area contributed by atoms with Crippen LogP contribution >= 0.6 is 0 Å². The van der Waals surface area contributed by atoms with Crippen molar-refractivity contribution in [2.45, 2.75) is 13.8 Å². The summed E-state index contributed by atoms with van der Waals surface area (Å²) in [6, 6.07) is 7.80. The SMILES string of the molecule is Cc1cccc(NC(=O)CN(C)CC(C)CN)c1. The molecule has 0 spiro atoms. The van der Waals surface area contributed by atoms with Gasteiger partial charge in [-0.3, -0.25) is 9.69 Å². The van der Waals surface area contributed by atoms with Crippen LogP contribution < -0.4 is 11.1 Å². The van der Waals surface area contributed by atoms with Gasteiger partial charge in [0.1, 0.15) is 0 Å². The number of carbonyl (C=O) groups excluding carboxylic acids is 1. The van der Waals surface area contributed by atoms with Crippen LogP contribution in [0, 0.1) is 12.8 Å². The molecule has 0 aliphatic carbocycles. The van der Waals surface area contributed by atoms with Crippen molar-refractivity contribution in [3.05, 3.63) is 29.8 Å². The molecular weight excluding hydrogens is 226 g/mol. The molecule has 1 atom stereocenters. The van der Waals surface area contributed by atoms with E-state index in [0.29, 0.717) is 19.0 Å². The van der Waals surface area contributed by atoms with Crippen LogP contribution in [-0.2, 0) is 4.79 Å². The molecule has 18 heavy (non-hydrogen) atoms. The van der Waals surface area contributed by atoms with Gasteiger partial charge in [0.25, 0.3) is 0 Å². The zero-order valence-electron chi connectivity index (χ0n) is 11.4. The van der Waals surface area contributed by atoms with Gasteiger partial charge in [0, 0.05) is 12.2 Å². The number of nitrogens with two attached hydrogens (primary N) is 1. The predicted octanol–water partition coefficient (Wildman–Crippen LogP) is 1.46. The Hall–Kier alpha value is -1.39. The van der Waals surface area contributed by atoms with Crippen LogP contribution in [-0.4, -0.2) is 37.5 Å². The summed E-state index contributed by atoms with van der Waals surface area (Å²) in [6.07, 6.45) is 0. The zero-order chi connectivity index (χ0) is 13.5. The second-order valence-electron chi connectivity index (χ2n) is 4.96. The molecule has 0 bridgehead atoms. The number of benzene rings is 1. The molecule has 0 fully saturated rings. The summed E-state index contributed by atoms with van der Waals surface area (Å²) in [6.45, 7) is 5.94. The topological polar surface area (TPSA) is 58.4 Å². The van der Waals surface area contributed by atoms with Crippen molar-refractivity contribution in [1.82, 2.24) is 4.90 Å². The Morgan fingerprint density at radius 3 is 2.83 bits per heavy atom. The number of rotatable bonds is 6. The highest BCUT2D eigenvalue weighted by Gasteiger charge is 2.09. The Morgan fingerprint density at radius 1 is 1.50 bits per heavy atom. The van der Waals surface area contributed by atoms with E-state index in [1.807, 2.05) is 43.1 Å². The summed E-state index contributed by atoms with van der Waals surface area (Å²) in [7, 11) is 1.93. The van der Waals surface area contributed by atoms with Crippen molar-refractivity contribution < 1.29 is 4.79 Å². The molecule has 4 nitrogen and oxygen atoms in total. The van der Waals surface area contributed by atoms with Gasteiger partial charge in [-0.1, -0.05) is 19.1 Å². The van der Waals surface area contributed by atoms with Gasteiger partial charge in [-0.05, 0) is 44.1 Å². The number of nitrogens with zero attached hydrogens (tertiary/aromatic N) is 1. The van der Waals surface area contributed by atoms with E-state index < -0.39 is 0 Å². The molecule has 1 unspecified atom stereocenters. The lowest BCUT2D eigenvalue weighted by molar-refractivity contribution is -0.117. The van der Waals surface area contributed by atoms with E-state index in [4.69, 9.17) is 5.73 Å². The highest BCUT2D eigenvalue weighted by Crippen LogP contribution is 2.09. The fourth-order valence-corrected chi connectivity index (χ4v) is 1.84. The Labute approximate surface area is 109 Å². The first-order chi connectivity index (χ1) is 8.51. The number of anilines is 1. The third kappa shape index (κ3) is 5.29. The number of aryl methyl sites for hydroxylation is 1. The lowest BCUT2D eigenvalue weighted by Crippen LogP contribution is -2.34. The summed E-state index contributed by atoms with van der Waals surface area (Å²) < 4.78 is 0. The molecule has 0 aliphatic heterocycles. The van der Waals surface area contributed by atoms with Crippen molar-refractivity contribution in [1.29, 1.82) is 0 Å². The predicted molar refractivity (Wildman–Crippen MR) is 75.5 cm³/mol. The molecule has 0 saturated heterocycles. The largest absolute Gasteiger partial charge is 0.330 e. The molecule has 1 rings (SSSR count). The molecule has 1 amide bonds. The highest BCUT2D eigenvalue weighted by molar-refractivity contribution is 5.92. The second-order valence-corrected chi connectivity index (χ2v) is 4.96. The van der Waals surface area contributed by atoms with Gasteiger partial charge >= 0.3 is 0 Å². The van der Waals surface area contributed by atoms with Crippen molar-refractivity contribution in [3.8, 4) is 0 Å². The molecule has 0 aliphatic rings. The lowest BCUT2D eigenvalue weighted by Gasteiger charge is -2.19. The Bertz CT molecular complexity index is 392. The maximum atomic E-state index is 11.8. The third-order valence-electron chi connectivity index (χ3n) is 2.74. The van der Waals surface area contributed by atoms with Crippen LogP contribution in [0.2, 0.25) is 0 Å². The quantitative estimate of drug-likeness (QED) is 0.802. The smallest absolute Gasteiger partial charge is 0.238 e. The summed E-state index contributed by atoms with van der Waals surface area (Å²) in [5, 5.41) is 2.89. The summed E-state index contributed by atoms with van der Waals surface area (Å²) >= 11 is 0. The van der Waals surface area contributed by atoms with Crippen molar-refractivity contribution in [2.75, 3.05) is 32.0 Å². The average molecular weight is 249 g/mol. The van der Waals surface area contributed by atoms with E-state index in [1.165, 1.54) is 0 Å². The van der Waals surface area contributed by atoms with Crippen LogP contribution in [0.3, 0.4) is 0 Å². The van der Waals surface area contributed by atoms with Gasteiger partial charge in [0.05, 0.1) is 6.54 Å².